The lowest BCUT2D eigenvalue weighted by Gasteiger charge is -2.35. The van der Waals surface area contributed by atoms with Gasteiger partial charge in [-0.25, -0.2) is 4.98 Å². The van der Waals surface area contributed by atoms with Gasteiger partial charge in [0.2, 0.25) is 0 Å². The predicted octanol–water partition coefficient (Wildman–Crippen LogP) is 2.48. The van der Waals surface area contributed by atoms with E-state index in [0.717, 1.165) is 36.4 Å². The average molecular weight is 278 g/mol. The average Bonchev–Trinajstić information content (AvgIpc) is 2.38. The molecule has 0 bridgehead atoms. The molecule has 0 aromatic carbocycles. The van der Waals surface area contributed by atoms with Crippen molar-refractivity contribution in [3.8, 4) is 0 Å². The number of thiocarbonyl (C=S) groups is 1. The van der Waals surface area contributed by atoms with E-state index in [-0.39, 0.29) is 0 Å². The van der Waals surface area contributed by atoms with Crippen molar-refractivity contribution in [2.45, 2.75) is 20.3 Å². The first kappa shape index (κ1) is 14.1. The number of anilines is 2. The molecule has 0 radical (unpaired) electrons. The molecule has 5 heteroatoms. The number of piperidine rings is 1. The van der Waals surface area contributed by atoms with E-state index >= 15 is 0 Å². The van der Waals surface area contributed by atoms with Crippen molar-refractivity contribution in [2.24, 2.45) is 11.8 Å². The molecule has 19 heavy (non-hydrogen) atoms. The first-order chi connectivity index (χ1) is 9.08. The van der Waals surface area contributed by atoms with E-state index in [9.17, 15) is 0 Å². The molecule has 2 N–H and O–H groups in total. The quantitative estimate of drug-likeness (QED) is 0.813. The van der Waals surface area contributed by atoms with Crippen LogP contribution in [0, 0.1) is 11.8 Å². The van der Waals surface area contributed by atoms with Crippen LogP contribution in [0.1, 0.15) is 20.3 Å². The SMILES string of the molecule is CNC(=S)Nc1ccc(N2CC(C)CC(C)C2)nc1. The molecule has 2 unspecified atom stereocenters. The molecule has 0 saturated carbocycles. The van der Waals surface area contributed by atoms with Crippen LogP contribution in [0.25, 0.3) is 0 Å². The monoisotopic (exact) mass is 278 g/mol. The van der Waals surface area contributed by atoms with Gasteiger partial charge >= 0.3 is 0 Å². The van der Waals surface area contributed by atoms with Crippen LogP contribution < -0.4 is 15.5 Å². The van der Waals surface area contributed by atoms with Gasteiger partial charge < -0.3 is 15.5 Å². The van der Waals surface area contributed by atoms with E-state index in [2.05, 4.69) is 40.4 Å². The van der Waals surface area contributed by atoms with Crippen molar-refractivity contribution in [1.82, 2.24) is 10.3 Å². The van der Waals surface area contributed by atoms with Crippen LogP contribution in [-0.4, -0.2) is 30.2 Å². The van der Waals surface area contributed by atoms with Crippen molar-refractivity contribution >= 4 is 28.8 Å². The second-order valence-corrected chi connectivity index (χ2v) is 5.87. The lowest BCUT2D eigenvalue weighted by Crippen LogP contribution is -2.39. The lowest BCUT2D eigenvalue weighted by molar-refractivity contribution is 0.355. The first-order valence-corrected chi connectivity index (χ1v) is 7.19. The topological polar surface area (TPSA) is 40.2 Å². The normalized spacial score (nSPS) is 23.0. The minimum atomic E-state index is 0.606. The second kappa shape index (κ2) is 6.19. The summed E-state index contributed by atoms with van der Waals surface area (Å²) in [6.45, 7) is 6.81. The Hall–Kier alpha value is -1.36. The smallest absolute Gasteiger partial charge is 0.170 e. The summed E-state index contributed by atoms with van der Waals surface area (Å²) in [4.78, 5) is 6.91. The summed E-state index contributed by atoms with van der Waals surface area (Å²) in [7, 11) is 1.80. The Morgan fingerprint density at radius 1 is 1.32 bits per heavy atom. The molecular formula is C14H22N4S. The van der Waals surface area contributed by atoms with Crippen LogP contribution in [-0.2, 0) is 0 Å². The van der Waals surface area contributed by atoms with E-state index in [1.807, 2.05) is 12.3 Å². The molecule has 0 amide bonds. The lowest BCUT2D eigenvalue weighted by atomic mass is 9.92. The highest BCUT2D eigenvalue weighted by Gasteiger charge is 2.22. The Labute approximate surface area is 120 Å². The minimum Gasteiger partial charge on any atom is -0.366 e. The molecule has 2 heterocycles. The Morgan fingerprint density at radius 2 is 2.00 bits per heavy atom. The Balaban J connectivity index is 2.03. The fourth-order valence-electron chi connectivity index (χ4n) is 2.69. The molecular weight excluding hydrogens is 256 g/mol. The van der Waals surface area contributed by atoms with Crippen LogP contribution in [0.3, 0.4) is 0 Å². The molecule has 1 saturated heterocycles. The summed E-state index contributed by atoms with van der Waals surface area (Å²) in [6.07, 6.45) is 3.15. The molecule has 2 rings (SSSR count). The third-order valence-corrected chi connectivity index (χ3v) is 3.73. The summed E-state index contributed by atoms with van der Waals surface area (Å²) >= 11 is 5.07. The van der Waals surface area contributed by atoms with E-state index in [4.69, 9.17) is 12.2 Å². The van der Waals surface area contributed by atoms with E-state index in [1.165, 1.54) is 6.42 Å². The number of aromatic nitrogens is 1. The highest BCUT2D eigenvalue weighted by molar-refractivity contribution is 7.80. The van der Waals surface area contributed by atoms with Gasteiger partial charge in [0, 0.05) is 20.1 Å². The van der Waals surface area contributed by atoms with Crippen LogP contribution >= 0.6 is 12.2 Å². The molecule has 1 aromatic heterocycles. The second-order valence-electron chi connectivity index (χ2n) is 5.46. The van der Waals surface area contributed by atoms with E-state index < -0.39 is 0 Å². The molecule has 4 nitrogen and oxygen atoms in total. The van der Waals surface area contributed by atoms with Crippen LogP contribution in [0.4, 0.5) is 11.5 Å². The van der Waals surface area contributed by atoms with Gasteiger partial charge in [-0.15, -0.1) is 0 Å². The van der Waals surface area contributed by atoms with Gasteiger partial charge in [0.1, 0.15) is 5.82 Å². The third-order valence-electron chi connectivity index (χ3n) is 3.43. The van der Waals surface area contributed by atoms with Gasteiger partial charge in [-0.1, -0.05) is 13.8 Å². The van der Waals surface area contributed by atoms with E-state index in [1.54, 1.807) is 7.05 Å². The van der Waals surface area contributed by atoms with Gasteiger partial charge in [-0.3, -0.25) is 0 Å². The predicted molar refractivity (Wildman–Crippen MR) is 84.7 cm³/mol. The highest BCUT2D eigenvalue weighted by atomic mass is 32.1. The van der Waals surface area contributed by atoms with E-state index in [0.29, 0.717) is 5.11 Å². The van der Waals surface area contributed by atoms with Crippen molar-refractivity contribution in [1.29, 1.82) is 0 Å². The Kier molecular flexibility index (Phi) is 4.58. The molecule has 1 aliphatic heterocycles. The standard InChI is InChI=1S/C14H22N4S/c1-10-6-11(2)9-18(8-10)13-5-4-12(7-16-13)17-14(19)15-3/h4-5,7,10-11H,6,8-9H2,1-3H3,(H2,15,17,19). The highest BCUT2D eigenvalue weighted by Crippen LogP contribution is 2.25. The maximum atomic E-state index is 5.07. The summed E-state index contributed by atoms with van der Waals surface area (Å²) in [5.74, 6) is 2.53. The fourth-order valence-corrected chi connectivity index (χ4v) is 2.81. The first-order valence-electron chi connectivity index (χ1n) is 6.78. The summed E-state index contributed by atoms with van der Waals surface area (Å²) in [5, 5.41) is 6.57. The molecule has 0 aliphatic carbocycles. The zero-order chi connectivity index (χ0) is 13.8. The Bertz CT molecular complexity index is 422. The number of hydrogen-bond donors (Lipinski definition) is 2. The summed E-state index contributed by atoms with van der Waals surface area (Å²) < 4.78 is 0. The van der Waals surface area contributed by atoms with Gasteiger partial charge in [0.05, 0.1) is 11.9 Å². The molecule has 1 fully saturated rings. The number of pyridine rings is 1. The van der Waals surface area contributed by atoms with Crippen molar-refractivity contribution < 1.29 is 0 Å². The van der Waals surface area contributed by atoms with Gasteiger partial charge in [-0.05, 0) is 42.6 Å². The van der Waals surface area contributed by atoms with Crippen LogP contribution in [0.5, 0.6) is 0 Å². The van der Waals surface area contributed by atoms with Gasteiger partial charge in [0.15, 0.2) is 5.11 Å². The largest absolute Gasteiger partial charge is 0.366 e. The van der Waals surface area contributed by atoms with Crippen molar-refractivity contribution in [3.05, 3.63) is 18.3 Å². The molecule has 0 spiro atoms. The molecule has 2 atom stereocenters. The maximum Gasteiger partial charge on any atom is 0.170 e. The molecule has 1 aromatic rings. The number of nitrogens with zero attached hydrogens (tertiary/aromatic N) is 2. The van der Waals surface area contributed by atoms with Crippen LogP contribution in [0.2, 0.25) is 0 Å². The van der Waals surface area contributed by atoms with Crippen LogP contribution in [0.15, 0.2) is 18.3 Å². The zero-order valence-corrected chi connectivity index (χ0v) is 12.6. The van der Waals surface area contributed by atoms with Crippen molar-refractivity contribution in [2.75, 3.05) is 30.4 Å². The summed E-state index contributed by atoms with van der Waals surface area (Å²) in [6, 6.07) is 4.08. The number of rotatable bonds is 2. The van der Waals surface area contributed by atoms with Gasteiger partial charge in [0.25, 0.3) is 0 Å². The zero-order valence-electron chi connectivity index (χ0n) is 11.8. The van der Waals surface area contributed by atoms with Crippen molar-refractivity contribution in [3.63, 3.8) is 0 Å². The number of nitrogens with one attached hydrogen (secondary N) is 2. The number of hydrogen-bond acceptors (Lipinski definition) is 3. The summed E-state index contributed by atoms with van der Waals surface area (Å²) in [5.41, 5.74) is 0.918. The fraction of sp³-hybridized carbons (Fsp3) is 0.571. The van der Waals surface area contributed by atoms with Gasteiger partial charge in [-0.2, -0.15) is 0 Å². The minimum absolute atomic E-state index is 0.606. The maximum absolute atomic E-state index is 5.07. The Morgan fingerprint density at radius 3 is 2.53 bits per heavy atom. The third kappa shape index (κ3) is 3.80. The molecule has 1 aliphatic rings. The molecule has 104 valence electrons.